The fourth-order valence-electron chi connectivity index (χ4n) is 1.47. The fraction of sp³-hybridized carbons (Fsp3) is 0.0833. The van der Waals surface area contributed by atoms with Crippen molar-refractivity contribution in [2.75, 3.05) is 16.3 Å². The average Bonchev–Trinajstić information content (AvgIpc) is 2.35. The van der Waals surface area contributed by atoms with E-state index in [1.165, 1.54) is 6.20 Å². The molecule has 0 radical (unpaired) electrons. The number of hydrogen-bond acceptors (Lipinski definition) is 4. The summed E-state index contributed by atoms with van der Waals surface area (Å²) in [5, 5.41) is 3.90. The van der Waals surface area contributed by atoms with Gasteiger partial charge in [-0.1, -0.05) is 29.3 Å². The smallest absolute Gasteiger partial charge is 0.230 e. The van der Waals surface area contributed by atoms with E-state index in [2.05, 4.69) is 15.0 Å². The van der Waals surface area contributed by atoms with Crippen molar-refractivity contribution in [3.05, 3.63) is 46.6 Å². The maximum absolute atomic E-state index is 11.1. The van der Waals surface area contributed by atoms with Crippen LogP contribution in [0.3, 0.4) is 0 Å². The third-order valence-corrected chi connectivity index (χ3v) is 3.68. The summed E-state index contributed by atoms with van der Waals surface area (Å²) < 4.78 is 24.4. The van der Waals surface area contributed by atoms with Crippen LogP contribution in [0.2, 0.25) is 10.0 Å². The predicted octanol–water partition coefficient (Wildman–Crippen LogP) is 3.50. The van der Waals surface area contributed by atoms with Gasteiger partial charge in [0.05, 0.1) is 33.9 Å². The summed E-state index contributed by atoms with van der Waals surface area (Å²) in [5.41, 5.74) is 1.30. The quantitative estimate of drug-likeness (QED) is 0.899. The van der Waals surface area contributed by atoms with Crippen LogP contribution in [0.15, 0.2) is 36.5 Å². The van der Waals surface area contributed by atoms with Crippen LogP contribution in [0.5, 0.6) is 0 Å². The second kappa shape index (κ2) is 5.87. The average molecular weight is 332 g/mol. The SMILES string of the molecule is CS(=O)(=O)Nc1ccc(Nc2cccc(Cl)c2Cl)cn1. The van der Waals surface area contributed by atoms with Crippen molar-refractivity contribution >= 4 is 50.4 Å². The van der Waals surface area contributed by atoms with Crippen molar-refractivity contribution in [1.29, 1.82) is 0 Å². The fourth-order valence-corrected chi connectivity index (χ4v) is 2.32. The molecule has 2 N–H and O–H groups in total. The van der Waals surface area contributed by atoms with E-state index in [1.54, 1.807) is 30.3 Å². The first-order valence-corrected chi connectivity index (χ1v) is 8.15. The highest BCUT2D eigenvalue weighted by atomic mass is 35.5. The zero-order valence-corrected chi connectivity index (χ0v) is 12.7. The highest BCUT2D eigenvalue weighted by molar-refractivity contribution is 7.92. The normalized spacial score (nSPS) is 11.2. The van der Waals surface area contributed by atoms with Gasteiger partial charge in [-0.05, 0) is 24.3 Å². The number of aromatic nitrogens is 1. The Hall–Kier alpha value is -1.50. The molecule has 0 spiro atoms. The van der Waals surface area contributed by atoms with Crippen molar-refractivity contribution in [3.63, 3.8) is 0 Å². The van der Waals surface area contributed by atoms with Gasteiger partial charge in [0, 0.05) is 0 Å². The second-order valence-corrected chi connectivity index (χ2v) is 6.57. The minimum absolute atomic E-state index is 0.246. The second-order valence-electron chi connectivity index (χ2n) is 4.03. The van der Waals surface area contributed by atoms with Gasteiger partial charge in [0.1, 0.15) is 5.82 Å². The van der Waals surface area contributed by atoms with Gasteiger partial charge in [-0.2, -0.15) is 0 Å². The number of hydrogen-bond donors (Lipinski definition) is 2. The van der Waals surface area contributed by atoms with Gasteiger partial charge in [0.2, 0.25) is 10.0 Å². The first kappa shape index (κ1) is 14.9. The van der Waals surface area contributed by atoms with Gasteiger partial charge in [0.15, 0.2) is 0 Å². The zero-order valence-electron chi connectivity index (χ0n) is 10.4. The van der Waals surface area contributed by atoms with Crippen molar-refractivity contribution in [3.8, 4) is 0 Å². The molecule has 2 aromatic rings. The van der Waals surface area contributed by atoms with Gasteiger partial charge in [-0.25, -0.2) is 13.4 Å². The van der Waals surface area contributed by atoms with Crippen LogP contribution in [-0.4, -0.2) is 19.7 Å². The lowest BCUT2D eigenvalue weighted by atomic mass is 10.3. The van der Waals surface area contributed by atoms with E-state index in [4.69, 9.17) is 23.2 Å². The van der Waals surface area contributed by atoms with Crippen molar-refractivity contribution in [2.45, 2.75) is 0 Å². The third kappa shape index (κ3) is 4.00. The molecule has 106 valence electrons. The molecule has 0 bridgehead atoms. The number of sulfonamides is 1. The Morgan fingerprint density at radius 3 is 2.50 bits per heavy atom. The molecule has 0 unspecified atom stereocenters. The minimum atomic E-state index is -3.33. The minimum Gasteiger partial charge on any atom is -0.353 e. The number of benzene rings is 1. The van der Waals surface area contributed by atoms with Gasteiger partial charge < -0.3 is 5.32 Å². The molecule has 0 atom stereocenters. The Balaban J connectivity index is 2.17. The molecule has 0 saturated carbocycles. The van der Waals surface area contributed by atoms with Crippen LogP contribution in [0.4, 0.5) is 17.2 Å². The summed E-state index contributed by atoms with van der Waals surface area (Å²) >= 11 is 12.0. The van der Waals surface area contributed by atoms with Gasteiger partial charge >= 0.3 is 0 Å². The molecule has 8 heteroatoms. The van der Waals surface area contributed by atoms with E-state index in [1.807, 2.05) is 0 Å². The third-order valence-electron chi connectivity index (χ3n) is 2.28. The molecule has 0 fully saturated rings. The number of halogens is 2. The van der Waals surface area contributed by atoms with E-state index >= 15 is 0 Å². The lowest BCUT2D eigenvalue weighted by Gasteiger charge is -2.09. The maximum Gasteiger partial charge on any atom is 0.230 e. The first-order valence-electron chi connectivity index (χ1n) is 5.50. The lowest BCUT2D eigenvalue weighted by Crippen LogP contribution is -2.10. The molecular weight excluding hydrogens is 321 g/mol. The molecule has 1 aromatic heterocycles. The molecule has 0 aliphatic heterocycles. The monoisotopic (exact) mass is 331 g/mol. The molecule has 0 aliphatic carbocycles. The summed E-state index contributed by atoms with van der Waals surface area (Å²) in [6, 6.07) is 8.45. The maximum atomic E-state index is 11.1. The standard InChI is InChI=1S/C12H11Cl2N3O2S/c1-20(18,19)17-11-6-5-8(7-15-11)16-10-4-2-3-9(13)12(10)14/h2-7,16H,1H3,(H,15,17). The van der Waals surface area contributed by atoms with E-state index in [-0.39, 0.29) is 5.82 Å². The molecule has 2 rings (SSSR count). The Morgan fingerprint density at radius 2 is 1.90 bits per heavy atom. The van der Waals surface area contributed by atoms with Crippen LogP contribution in [0.1, 0.15) is 0 Å². The van der Waals surface area contributed by atoms with Crippen molar-refractivity contribution in [2.24, 2.45) is 0 Å². The number of nitrogens with zero attached hydrogens (tertiary/aromatic N) is 1. The summed E-state index contributed by atoms with van der Waals surface area (Å²) in [6.45, 7) is 0. The van der Waals surface area contributed by atoms with Gasteiger partial charge in [0.25, 0.3) is 0 Å². The van der Waals surface area contributed by atoms with Gasteiger partial charge in [-0.15, -0.1) is 0 Å². The van der Waals surface area contributed by atoms with Crippen LogP contribution < -0.4 is 10.0 Å². The molecule has 0 saturated heterocycles. The molecular formula is C12H11Cl2N3O2S. The van der Waals surface area contributed by atoms with Crippen LogP contribution in [0, 0.1) is 0 Å². The van der Waals surface area contributed by atoms with E-state index in [0.717, 1.165) is 6.26 Å². The number of nitrogens with one attached hydrogen (secondary N) is 2. The van der Waals surface area contributed by atoms with Crippen molar-refractivity contribution in [1.82, 2.24) is 4.98 Å². The molecule has 0 aliphatic rings. The number of pyridine rings is 1. The molecule has 0 amide bonds. The Bertz CT molecular complexity index is 718. The molecule has 1 heterocycles. The van der Waals surface area contributed by atoms with Gasteiger partial charge in [-0.3, -0.25) is 4.72 Å². The van der Waals surface area contributed by atoms with Crippen LogP contribution in [0.25, 0.3) is 0 Å². The zero-order chi connectivity index (χ0) is 14.8. The number of anilines is 3. The van der Waals surface area contributed by atoms with Crippen molar-refractivity contribution < 1.29 is 8.42 Å². The molecule has 20 heavy (non-hydrogen) atoms. The summed E-state index contributed by atoms with van der Waals surface area (Å²) in [4.78, 5) is 3.98. The Kier molecular flexibility index (Phi) is 4.37. The predicted molar refractivity (Wildman–Crippen MR) is 82.4 cm³/mol. The summed E-state index contributed by atoms with van der Waals surface area (Å²) in [6.07, 6.45) is 2.55. The summed E-state index contributed by atoms with van der Waals surface area (Å²) in [7, 11) is -3.33. The topological polar surface area (TPSA) is 71.1 Å². The first-order chi connectivity index (χ1) is 9.35. The van der Waals surface area contributed by atoms with Crippen LogP contribution in [-0.2, 0) is 10.0 Å². The van der Waals surface area contributed by atoms with E-state index in [0.29, 0.717) is 21.4 Å². The highest BCUT2D eigenvalue weighted by Crippen LogP contribution is 2.31. The highest BCUT2D eigenvalue weighted by Gasteiger charge is 2.06. The molecule has 1 aromatic carbocycles. The summed E-state index contributed by atoms with van der Waals surface area (Å²) in [5.74, 6) is 0.246. The van der Waals surface area contributed by atoms with E-state index in [9.17, 15) is 8.42 Å². The van der Waals surface area contributed by atoms with Crippen LogP contribution >= 0.6 is 23.2 Å². The largest absolute Gasteiger partial charge is 0.353 e. The molecule has 5 nitrogen and oxygen atoms in total. The Labute approximate surface area is 127 Å². The lowest BCUT2D eigenvalue weighted by molar-refractivity contribution is 0.606. The van der Waals surface area contributed by atoms with E-state index < -0.39 is 10.0 Å². The number of rotatable bonds is 4. The Morgan fingerprint density at radius 1 is 1.15 bits per heavy atom.